The van der Waals surface area contributed by atoms with E-state index in [0.29, 0.717) is 25.8 Å². The molecule has 1 aliphatic heterocycles. The lowest BCUT2D eigenvalue weighted by Crippen LogP contribution is -2.48. The van der Waals surface area contributed by atoms with Crippen molar-refractivity contribution >= 4 is 28.8 Å². The second-order valence-corrected chi connectivity index (χ2v) is 9.02. The van der Waals surface area contributed by atoms with Crippen LogP contribution in [0.1, 0.15) is 33.1 Å². The van der Waals surface area contributed by atoms with Gasteiger partial charge in [-0.15, -0.1) is 5.10 Å². The Morgan fingerprint density at radius 2 is 1.97 bits per heavy atom. The third-order valence-corrected chi connectivity index (χ3v) is 7.04. The van der Waals surface area contributed by atoms with Crippen LogP contribution < -0.4 is 5.32 Å². The average Bonchev–Trinajstić information content (AvgIpc) is 3.41. The molecule has 2 amide bonds. The number of esters is 1. The van der Waals surface area contributed by atoms with Crippen molar-refractivity contribution in [2.45, 2.75) is 45.8 Å². The first kappa shape index (κ1) is 24.8. The number of likely N-dealkylation sites (tertiary alicyclic amines) is 1. The highest BCUT2D eigenvalue weighted by Crippen LogP contribution is 2.45. The van der Waals surface area contributed by atoms with Crippen LogP contribution in [0.15, 0.2) is 36.4 Å². The molecule has 1 saturated heterocycles. The second kappa shape index (κ2) is 11.0. The van der Waals surface area contributed by atoms with E-state index >= 15 is 0 Å². The molecule has 1 fully saturated rings. The molecule has 2 N–H and O–H groups in total. The number of hydrogen-bond acceptors (Lipinski definition) is 7. The number of unbranched alkanes of at least 4 members (excludes halogenated alkanes) is 1. The van der Waals surface area contributed by atoms with Crippen LogP contribution in [0.2, 0.25) is 0 Å². The number of carbonyl (C=O) groups is 3. The zero-order valence-electron chi connectivity index (χ0n) is 20.2. The number of amides is 2. The molecule has 2 aromatic rings. The van der Waals surface area contributed by atoms with Crippen molar-refractivity contribution in [3.63, 3.8) is 0 Å². The summed E-state index contributed by atoms with van der Waals surface area (Å²) in [6.07, 6.45) is 5.65. The third kappa shape index (κ3) is 4.80. The summed E-state index contributed by atoms with van der Waals surface area (Å²) in [5, 5.41) is 20.4. The maximum atomic E-state index is 13.7. The summed E-state index contributed by atoms with van der Waals surface area (Å²) in [7, 11) is 0. The van der Waals surface area contributed by atoms with Crippen molar-refractivity contribution in [2.75, 3.05) is 19.8 Å². The molecule has 35 heavy (non-hydrogen) atoms. The molecule has 4 rings (SSSR count). The lowest BCUT2D eigenvalue weighted by atomic mass is 9.69. The number of allylic oxidation sites excluding steroid dienone is 1. The Morgan fingerprint density at radius 1 is 1.17 bits per heavy atom. The van der Waals surface area contributed by atoms with Gasteiger partial charge in [0.25, 0.3) is 0 Å². The van der Waals surface area contributed by atoms with Gasteiger partial charge in [0, 0.05) is 19.1 Å². The number of aliphatic hydroxyl groups excluding tert-OH is 1. The Kier molecular flexibility index (Phi) is 7.80. The Bertz CT molecular complexity index is 1100. The predicted molar refractivity (Wildman–Crippen MR) is 128 cm³/mol. The molecule has 0 bridgehead atoms. The van der Waals surface area contributed by atoms with Crippen LogP contribution in [0.5, 0.6) is 0 Å². The van der Waals surface area contributed by atoms with Crippen molar-refractivity contribution < 1.29 is 24.2 Å². The van der Waals surface area contributed by atoms with Gasteiger partial charge < -0.3 is 20.1 Å². The lowest BCUT2D eigenvalue weighted by Gasteiger charge is -2.33. The van der Waals surface area contributed by atoms with E-state index in [1.807, 2.05) is 43.3 Å². The lowest BCUT2D eigenvalue weighted by molar-refractivity contribution is -0.155. The molecule has 188 valence electrons. The summed E-state index contributed by atoms with van der Waals surface area (Å²) in [6.45, 7) is 4.40. The minimum absolute atomic E-state index is 0.00832. The second-order valence-electron chi connectivity index (χ2n) is 9.02. The minimum Gasteiger partial charge on any atom is -0.466 e. The highest BCUT2D eigenvalue weighted by Gasteiger charge is 2.57. The molecule has 5 atom stereocenters. The van der Waals surface area contributed by atoms with Crippen molar-refractivity contribution in [1.82, 2.24) is 25.2 Å². The first-order valence-corrected chi connectivity index (χ1v) is 12.3. The topological polar surface area (TPSA) is 127 Å². The van der Waals surface area contributed by atoms with Crippen molar-refractivity contribution in [3.05, 3.63) is 36.4 Å². The van der Waals surface area contributed by atoms with Gasteiger partial charge in [-0.3, -0.25) is 14.4 Å². The van der Waals surface area contributed by atoms with Gasteiger partial charge in [0.05, 0.1) is 24.0 Å². The molecule has 0 spiro atoms. The van der Waals surface area contributed by atoms with Crippen molar-refractivity contribution in [1.29, 1.82) is 0 Å². The molecule has 1 aliphatic carbocycles. The smallest absolute Gasteiger partial charge is 0.310 e. The van der Waals surface area contributed by atoms with E-state index in [0.717, 1.165) is 11.0 Å². The number of fused-ring (bicyclic) bond motifs is 2. The van der Waals surface area contributed by atoms with Crippen LogP contribution in [0.4, 0.5) is 0 Å². The Labute approximate surface area is 204 Å². The first-order chi connectivity index (χ1) is 17.0. The summed E-state index contributed by atoms with van der Waals surface area (Å²) in [6, 6.07) is 6.70. The van der Waals surface area contributed by atoms with Crippen LogP contribution in [0.3, 0.4) is 0 Å². The fourth-order valence-electron chi connectivity index (χ4n) is 5.37. The molecular formula is C25H33N5O5. The quantitative estimate of drug-likeness (QED) is 0.298. The summed E-state index contributed by atoms with van der Waals surface area (Å²) < 4.78 is 6.94. The van der Waals surface area contributed by atoms with Gasteiger partial charge in [-0.25, -0.2) is 4.68 Å². The Morgan fingerprint density at radius 3 is 2.71 bits per heavy atom. The minimum atomic E-state index is -0.757. The SMILES string of the molecule is CCOC(=O)[C@H]1[C@H]2C(=O)N(CCCCO)[C@H](C(=O)NCn3nnc4ccccc43)[C@H]2C=C[C@H]1CC. The molecule has 0 unspecified atom stereocenters. The first-order valence-electron chi connectivity index (χ1n) is 12.3. The maximum Gasteiger partial charge on any atom is 0.310 e. The molecule has 1 aromatic carbocycles. The Hall–Kier alpha value is -3.27. The van der Waals surface area contributed by atoms with E-state index in [2.05, 4.69) is 15.6 Å². The average molecular weight is 484 g/mol. The van der Waals surface area contributed by atoms with Gasteiger partial charge in [0.15, 0.2) is 0 Å². The van der Waals surface area contributed by atoms with Gasteiger partial charge in [-0.05, 0) is 44.2 Å². The van der Waals surface area contributed by atoms with Crippen molar-refractivity contribution in [2.24, 2.45) is 23.7 Å². The zero-order chi connectivity index (χ0) is 24.9. The van der Waals surface area contributed by atoms with Gasteiger partial charge in [0.1, 0.15) is 18.2 Å². The number of carbonyl (C=O) groups excluding carboxylic acids is 3. The summed E-state index contributed by atoms with van der Waals surface area (Å²) >= 11 is 0. The van der Waals surface area contributed by atoms with Crippen molar-refractivity contribution in [3.8, 4) is 0 Å². The van der Waals surface area contributed by atoms with Gasteiger partial charge in [-0.1, -0.05) is 36.4 Å². The van der Waals surface area contributed by atoms with Crippen LogP contribution in [-0.4, -0.2) is 68.6 Å². The number of aromatic nitrogens is 3. The summed E-state index contributed by atoms with van der Waals surface area (Å²) in [5.41, 5.74) is 1.51. The van der Waals surface area contributed by atoms with E-state index in [1.165, 1.54) is 0 Å². The fourth-order valence-corrected chi connectivity index (χ4v) is 5.37. The number of aliphatic hydroxyl groups is 1. The molecule has 1 aromatic heterocycles. The van der Waals surface area contributed by atoms with E-state index in [1.54, 1.807) is 16.5 Å². The number of nitrogens with one attached hydrogen (secondary N) is 1. The van der Waals surface area contributed by atoms with E-state index < -0.39 is 29.8 Å². The monoisotopic (exact) mass is 483 g/mol. The molecule has 2 aliphatic rings. The maximum absolute atomic E-state index is 13.7. The molecule has 0 radical (unpaired) electrons. The van der Waals surface area contributed by atoms with E-state index in [9.17, 15) is 19.5 Å². The van der Waals surface area contributed by atoms with Crippen LogP contribution in [-0.2, 0) is 25.8 Å². The molecular weight excluding hydrogens is 450 g/mol. The number of hydrogen-bond donors (Lipinski definition) is 2. The normalized spacial score (nSPS) is 25.6. The number of ether oxygens (including phenoxy) is 1. The highest BCUT2D eigenvalue weighted by atomic mass is 16.5. The van der Waals surface area contributed by atoms with Crippen LogP contribution in [0, 0.1) is 23.7 Å². The number of para-hydroxylation sites is 1. The van der Waals surface area contributed by atoms with Crippen LogP contribution in [0.25, 0.3) is 11.0 Å². The van der Waals surface area contributed by atoms with Crippen LogP contribution >= 0.6 is 0 Å². The standard InChI is InChI=1S/C25H33N5O5/c1-3-16-11-12-17-21(20(16)25(34)35-4-2)24(33)29(13-7-8-14-31)22(17)23(32)26-15-30-19-10-6-5-9-18(19)27-28-30/h5-6,9-12,16-17,20-22,31H,3-4,7-8,13-15H2,1-2H3,(H,26,32)/t16-,17+,20-,21+,22+/m1/s1. The largest absolute Gasteiger partial charge is 0.466 e. The summed E-state index contributed by atoms with van der Waals surface area (Å²) in [4.78, 5) is 41.7. The number of benzene rings is 1. The molecule has 10 nitrogen and oxygen atoms in total. The van der Waals surface area contributed by atoms with E-state index in [4.69, 9.17) is 4.74 Å². The summed E-state index contributed by atoms with van der Waals surface area (Å²) in [5.74, 6) is -2.75. The van der Waals surface area contributed by atoms with Gasteiger partial charge in [0.2, 0.25) is 11.8 Å². The number of nitrogens with zero attached hydrogens (tertiary/aromatic N) is 4. The predicted octanol–water partition coefficient (Wildman–Crippen LogP) is 1.50. The molecule has 2 heterocycles. The fraction of sp³-hybridized carbons (Fsp3) is 0.560. The van der Waals surface area contributed by atoms with Gasteiger partial charge in [-0.2, -0.15) is 0 Å². The van der Waals surface area contributed by atoms with Gasteiger partial charge >= 0.3 is 5.97 Å². The Balaban J connectivity index is 1.60. The highest BCUT2D eigenvalue weighted by molar-refractivity contribution is 5.96. The third-order valence-electron chi connectivity index (χ3n) is 7.04. The molecule has 0 saturated carbocycles. The number of rotatable bonds is 10. The van der Waals surface area contributed by atoms with E-state index in [-0.39, 0.29) is 37.6 Å². The zero-order valence-corrected chi connectivity index (χ0v) is 20.2. The molecule has 10 heteroatoms.